The third-order valence-corrected chi connectivity index (χ3v) is 2.04. The lowest BCUT2D eigenvalue weighted by Crippen LogP contribution is -2.00. The van der Waals surface area contributed by atoms with E-state index in [1.165, 1.54) is 0 Å². The maximum Gasteiger partial charge on any atom is 0.265 e. The Morgan fingerprint density at radius 1 is 1.50 bits per heavy atom. The smallest absolute Gasteiger partial charge is 0.265 e. The third kappa shape index (κ3) is 1.93. The predicted octanol–water partition coefficient (Wildman–Crippen LogP) is 1.96. The van der Waals surface area contributed by atoms with E-state index in [1.807, 2.05) is 0 Å². The maximum absolute atomic E-state index is 12.3. The van der Waals surface area contributed by atoms with Crippen LogP contribution in [0.15, 0.2) is 6.20 Å². The molecule has 0 aliphatic heterocycles. The van der Waals surface area contributed by atoms with Gasteiger partial charge in [-0.3, -0.25) is 4.98 Å². The Morgan fingerprint density at radius 2 is 2.14 bits per heavy atom. The lowest BCUT2D eigenvalue weighted by molar-refractivity contribution is 0.145. The van der Waals surface area contributed by atoms with E-state index in [0.29, 0.717) is 0 Å². The van der Waals surface area contributed by atoms with Crippen molar-refractivity contribution < 1.29 is 19.0 Å². The number of aliphatic hydroxyl groups excluding tert-OH is 1. The van der Waals surface area contributed by atoms with E-state index in [9.17, 15) is 13.9 Å². The standard InChI is InChI=1S/C8H8ClF2NO2/c9-1-6-7(14)5(3-13)4(2-12-6)8(10)11/h2,8,13-14H,1,3H2. The SMILES string of the molecule is OCc1c(C(F)F)cnc(CCl)c1O. The lowest BCUT2D eigenvalue weighted by Gasteiger charge is -2.10. The summed E-state index contributed by atoms with van der Waals surface area (Å²) < 4.78 is 24.7. The second kappa shape index (κ2) is 4.52. The molecule has 1 heterocycles. The minimum atomic E-state index is -2.78. The van der Waals surface area contributed by atoms with E-state index in [2.05, 4.69) is 4.98 Å². The highest BCUT2D eigenvalue weighted by Crippen LogP contribution is 2.31. The summed E-state index contributed by atoms with van der Waals surface area (Å²) in [4.78, 5) is 3.55. The summed E-state index contributed by atoms with van der Waals surface area (Å²) in [7, 11) is 0. The van der Waals surface area contributed by atoms with Crippen molar-refractivity contribution in [3.63, 3.8) is 0 Å². The molecule has 78 valence electrons. The van der Waals surface area contributed by atoms with Gasteiger partial charge in [0.1, 0.15) is 5.75 Å². The second-order valence-electron chi connectivity index (χ2n) is 2.58. The van der Waals surface area contributed by atoms with Crippen LogP contribution in [0.5, 0.6) is 5.75 Å². The fraction of sp³-hybridized carbons (Fsp3) is 0.375. The first-order valence-corrected chi connectivity index (χ1v) is 4.29. The summed E-state index contributed by atoms with van der Waals surface area (Å²) in [5, 5.41) is 18.2. The Balaban J connectivity index is 3.28. The van der Waals surface area contributed by atoms with Crippen molar-refractivity contribution in [2.75, 3.05) is 0 Å². The van der Waals surface area contributed by atoms with Crippen LogP contribution < -0.4 is 0 Å². The van der Waals surface area contributed by atoms with Gasteiger partial charge in [0.05, 0.1) is 18.2 Å². The highest BCUT2D eigenvalue weighted by molar-refractivity contribution is 6.17. The average molecular weight is 224 g/mol. The van der Waals surface area contributed by atoms with Gasteiger partial charge < -0.3 is 10.2 Å². The summed E-state index contributed by atoms with van der Waals surface area (Å²) in [5.74, 6) is -0.553. The van der Waals surface area contributed by atoms with Crippen molar-refractivity contribution in [2.45, 2.75) is 18.9 Å². The Hall–Kier alpha value is -0.940. The van der Waals surface area contributed by atoms with Crippen LogP contribution in [-0.2, 0) is 12.5 Å². The predicted molar refractivity (Wildman–Crippen MR) is 46.3 cm³/mol. The molecule has 0 spiro atoms. The lowest BCUT2D eigenvalue weighted by atomic mass is 10.1. The number of alkyl halides is 3. The third-order valence-electron chi connectivity index (χ3n) is 1.79. The van der Waals surface area contributed by atoms with Crippen LogP contribution in [0.3, 0.4) is 0 Å². The molecule has 0 fully saturated rings. The number of nitrogens with zero attached hydrogens (tertiary/aromatic N) is 1. The molecule has 0 unspecified atom stereocenters. The average Bonchev–Trinajstić information content (AvgIpc) is 2.17. The number of halogens is 3. The van der Waals surface area contributed by atoms with Gasteiger partial charge in [-0.05, 0) is 0 Å². The van der Waals surface area contributed by atoms with Gasteiger partial charge >= 0.3 is 0 Å². The first-order chi connectivity index (χ1) is 6.61. The maximum atomic E-state index is 12.3. The molecule has 0 aliphatic rings. The molecule has 0 aromatic carbocycles. The first-order valence-electron chi connectivity index (χ1n) is 3.76. The molecule has 1 aromatic rings. The molecular formula is C8H8ClF2NO2. The number of rotatable bonds is 3. The van der Waals surface area contributed by atoms with Gasteiger partial charge in [0.25, 0.3) is 6.43 Å². The van der Waals surface area contributed by atoms with E-state index >= 15 is 0 Å². The number of aromatic hydroxyl groups is 1. The number of pyridine rings is 1. The normalized spacial score (nSPS) is 10.9. The highest BCUT2D eigenvalue weighted by atomic mass is 35.5. The van der Waals surface area contributed by atoms with Crippen molar-refractivity contribution in [1.82, 2.24) is 4.98 Å². The fourth-order valence-corrected chi connectivity index (χ4v) is 1.25. The molecule has 0 bridgehead atoms. The molecule has 0 radical (unpaired) electrons. The summed E-state index contributed by atoms with van der Waals surface area (Å²) in [6, 6.07) is 0. The summed E-state index contributed by atoms with van der Waals surface area (Å²) in [6.45, 7) is -0.669. The van der Waals surface area contributed by atoms with E-state index in [0.717, 1.165) is 6.20 Å². The van der Waals surface area contributed by atoms with Crippen LogP contribution in [0, 0.1) is 0 Å². The van der Waals surface area contributed by atoms with Crippen molar-refractivity contribution in [3.8, 4) is 5.75 Å². The zero-order chi connectivity index (χ0) is 10.7. The molecule has 2 N–H and O–H groups in total. The summed E-state index contributed by atoms with van der Waals surface area (Å²) in [5.41, 5.74) is -0.607. The number of hydrogen-bond acceptors (Lipinski definition) is 3. The van der Waals surface area contributed by atoms with Crippen LogP contribution >= 0.6 is 11.6 Å². The van der Waals surface area contributed by atoms with E-state index in [-0.39, 0.29) is 17.1 Å². The number of aliphatic hydroxyl groups is 1. The minimum Gasteiger partial charge on any atom is -0.506 e. The Morgan fingerprint density at radius 3 is 2.57 bits per heavy atom. The molecule has 0 atom stereocenters. The quantitative estimate of drug-likeness (QED) is 0.771. The van der Waals surface area contributed by atoms with Gasteiger partial charge in [0, 0.05) is 17.3 Å². The Bertz CT molecular complexity index is 333. The van der Waals surface area contributed by atoms with Crippen LogP contribution in [0.2, 0.25) is 0 Å². The fourth-order valence-electron chi connectivity index (χ4n) is 1.05. The minimum absolute atomic E-state index is 0.0834. The first kappa shape index (κ1) is 11.1. The molecule has 6 heteroatoms. The highest BCUT2D eigenvalue weighted by Gasteiger charge is 2.18. The van der Waals surface area contributed by atoms with Gasteiger partial charge in [-0.1, -0.05) is 0 Å². The van der Waals surface area contributed by atoms with E-state index in [4.69, 9.17) is 16.7 Å². The van der Waals surface area contributed by atoms with Gasteiger partial charge in [0.2, 0.25) is 0 Å². The second-order valence-corrected chi connectivity index (χ2v) is 2.85. The van der Waals surface area contributed by atoms with Crippen molar-refractivity contribution in [1.29, 1.82) is 0 Å². The zero-order valence-corrected chi connectivity index (χ0v) is 7.80. The Labute approximate surface area is 84.0 Å². The monoisotopic (exact) mass is 223 g/mol. The summed E-state index contributed by atoms with van der Waals surface area (Å²) >= 11 is 5.40. The molecule has 0 amide bonds. The van der Waals surface area contributed by atoms with Gasteiger partial charge in [-0.15, -0.1) is 11.6 Å². The van der Waals surface area contributed by atoms with E-state index < -0.39 is 24.3 Å². The van der Waals surface area contributed by atoms with Crippen LogP contribution in [0.25, 0.3) is 0 Å². The molecule has 1 rings (SSSR count). The van der Waals surface area contributed by atoms with Gasteiger partial charge in [-0.2, -0.15) is 0 Å². The van der Waals surface area contributed by atoms with Crippen LogP contribution in [0.1, 0.15) is 23.2 Å². The number of aromatic nitrogens is 1. The number of hydrogen-bond donors (Lipinski definition) is 2. The zero-order valence-electron chi connectivity index (χ0n) is 7.04. The van der Waals surface area contributed by atoms with Crippen molar-refractivity contribution >= 4 is 11.6 Å². The van der Waals surface area contributed by atoms with Crippen LogP contribution in [-0.4, -0.2) is 15.2 Å². The molecule has 0 aliphatic carbocycles. The molecular weight excluding hydrogens is 216 g/mol. The summed E-state index contributed by atoms with van der Waals surface area (Å²) in [6.07, 6.45) is -1.87. The molecule has 0 saturated heterocycles. The van der Waals surface area contributed by atoms with Gasteiger partial charge in [0.15, 0.2) is 0 Å². The van der Waals surface area contributed by atoms with Crippen molar-refractivity contribution in [3.05, 3.63) is 23.0 Å². The molecule has 3 nitrogen and oxygen atoms in total. The molecule has 1 aromatic heterocycles. The Kier molecular flexibility index (Phi) is 3.60. The van der Waals surface area contributed by atoms with Crippen LogP contribution in [0.4, 0.5) is 8.78 Å². The van der Waals surface area contributed by atoms with Crippen molar-refractivity contribution in [2.24, 2.45) is 0 Å². The largest absolute Gasteiger partial charge is 0.506 e. The topological polar surface area (TPSA) is 53.4 Å². The van der Waals surface area contributed by atoms with E-state index in [1.54, 1.807) is 0 Å². The molecule has 14 heavy (non-hydrogen) atoms. The van der Waals surface area contributed by atoms with Gasteiger partial charge in [-0.25, -0.2) is 8.78 Å². The molecule has 0 saturated carbocycles.